The lowest BCUT2D eigenvalue weighted by Crippen LogP contribution is -2.33. The van der Waals surface area contributed by atoms with Gasteiger partial charge in [-0.05, 0) is 68.4 Å². The van der Waals surface area contributed by atoms with Crippen LogP contribution in [-0.4, -0.2) is 30.3 Å². The van der Waals surface area contributed by atoms with Gasteiger partial charge in [0.15, 0.2) is 6.61 Å². The Morgan fingerprint density at radius 1 is 1.00 bits per heavy atom. The second kappa shape index (κ2) is 8.24. The zero-order valence-corrected chi connectivity index (χ0v) is 19.3. The smallest absolute Gasteiger partial charge is 0.338 e. The van der Waals surface area contributed by atoms with E-state index in [4.69, 9.17) is 4.74 Å². The molecule has 1 heterocycles. The number of hydrogen-bond acceptors (Lipinski definition) is 5. The molecule has 0 radical (unpaired) electrons. The Morgan fingerprint density at radius 2 is 1.68 bits per heavy atom. The number of amides is 3. The Balaban J connectivity index is 1.27. The van der Waals surface area contributed by atoms with Gasteiger partial charge in [-0.15, -0.1) is 0 Å². The Hall–Kier alpha value is -3.74. The van der Waals surface area contributed by atoms with E-state index in [2.05, 4.69) is 11.4 Å². The molecule has 1 saturated heterocycles. The molecule has 2 fully saturated rings. The number of fused-ring (bicyclic) bond motifs is 5. The lowest BCUT2D eigenvalue weighted by Gasteiger charge is -2.19. The van der Waals surface area contributed by atoms with E-state index in [0.717, 1.165) is 17.5 Å². The quantitative estimate of drug-likeness (QED) is 0.418. The monoisotopic (exact) mass is 458 g/mol. The molecule has 2 aromatic carbocycles. The Labute approximate surface area is 197 Å². The van der Waals surface area contributed by atoms with Gasteiger partial charge in [-0.1, -0.05) is 35.9 Å². The summed E-state index contributed by atoms with van der Waals surface area (Å²) in [6, 6.07) is 11.9. The van der Waals surface area contributed by atoms with Crippen LogP contribution in [0.2, 0.25) is 0 Å². The molecule has 0 unspecified atom stereocenters. The first-order valence-corrected chi connectivity index (χ1v) is 11.5. The summed E-state index contributed by atoms with van der Waals surface area (Å²) in [7, 11) is 0. The van der Waals surface area contributed by atoms with Crippen LogP contribution < -0.4 is 10.2 Å². The number of para-hydroxylation sites is 1. The van der Waals surface area contributed by atoms with Crippen molar-refractivity contribution in [3.63, 3.8) is 0 Å². The van der Waals surface area contributed by atoms with Crippen molar-refractivity contribution in [1.29, 1.82) is 0 Å². The maximum Gasteiger partial charge on any atom is 0.338 e. The molecule has 2 aromatic rings. The molecule has 7 nitrogen and oxygen atoms in total. The van der Waals surface area contributed by atoms with Crippen molar-refractivity contribution in [2.24, 2.45) is 23.7 Å². The Kier molecular flexibility index (Phi) is 5.35. The highest BCUT2D eigenvalue weighted by molar-refractivity contribution is 6.23. The molecule has 1 N–H and O–H groups in total. The van der Waals surface area contributed by atoms with Crippen LogP contribution >= 0.6 is 0 Å². The second-order valence-electron chi connectivity index (χ2n) is 9.42. The molecule has 0 aromatic heterocycles. The van der Waals surface area contributed by atoms with E-state index in [-0.39, 0.29) is 41.0 Å². The van der Waals surface area contributed by atoms with Crippen molar-refractivity contribution < 1.29 is 23.9 Å². The number of carbonyl (C=O) groups excluding carboxylic acids is 4. The van der Waals surface area contributed by atoms with Crippen molar-refractivity contribution in [2.75, 3.05) is 16.8 Å². The van der Waals surface area contributed by atoms with E-state index in [0.29, 0.717) is 11.4 Å². The number of aryl methyl sites for hydroxylation is 2. The lowest BCUT2D eigenvalue weighted by molar-refractivity contribution is -0.123. The van der Waals surface area contributed by atoms with Gasteiger partial charge in [0, 0.05) is 5.69 Å². The van der Waals surface area contributed by atoms with Crippen LogP contribution in [0.1, 0.15) is 34.8 Å². The standard InChI is InChI=1S/C27H26N2O5/c1-14-6-4-7-15(2)24(14)28-21(30)13-34-27(33)17-8-5-9-19(11-17)29-25(31)22-18-10-16(3)20(12-18)23(22)26(29)32/h4-11,18,20,22-23H,12-13H2,1-3H3,(H,28,30)/t18-,20+,22-,23+/m0/s1. The van der Waals surface area contributed by atoms with Gasteiger partial charge in [0.2, 0.25) is 11.8 Å². The number of imide groups is 1. The third-order valence-electron chi connectivity index (χ3n) is 7.30. The number of anilines is 2. The predicted molar refractivity (Wildman–Crippen MR) is 126 cm³/mol. The minimum atomic E-state index is -0.699. The third kappa shape index (κ3) is 3.52. The minimum Gasteiger partial charge on any atom is -0.452 e. The maximum absolute atomic E-state index is 13.2. The number of rotatable bonds is 5. The van der Waals surface area contributed by atoms with Gasteiger partial charge in [0.05, 0.1) is 23.1 Å². The molecular weight excluding hydrogens is 432 g/mol. The van der Waals surface area contributed by atoms with Crippen LogP contribution in [0.15, 0.2) is 54.1 Å². The minimum absolute atomic E-state index is 0.111. The zero-order chi connectivity index (χ0) is 24.1. The Bertz CT molecular complexity index is 1240. The van der Waals surface area contributed by atoms with Crippen LogP contribution in [-0.2, 0) is 19.1 Å². The van der Waals surface area contributed by atoms with Crippen molar-refractivity contribution in [2.45, 2.75) is 27.2 Å². The van der Waals surface area contributed by atoms with Crippen molar-refractivity contribution in [3.05, 3.63) is 70.8 Å². The summed E-state index contributed by atoms with van der Waals surface area (Å²) in [4.78, 5) is 52.5. The molecule has 4 atom stereocenters. The summed E-state index contributed by atoms with van der Waals surface area (Å²) in [6.45, 7) is 5.35. The van der Waals surface area contributed by atoms with E-state index >= 15 is 0 Å². The van der Waals surface area contributed by atoms with Gasteiger partial charge >= 0.3 is 5.97 Å². The molecule has 3 amide bonds. The summed E-state index contributed by atoms with van der Waals surface area (Å²) in [5.74, 6) is -1.94. The SMILES string of the molecule is CC1=C[C@H]2C[C@H]1[C@H]1C(=O)N(c3cccc(C(=O)OCC(=O)Nc4c(C)cccc4C)c3)C(=O)[C@H]12. The number of benzene rings is 2. The largest absolute Gasteiger partial charge is 0.452 e. The van der Waals surface area contributed by atoms with E-state index in [1.807, 2.05) is 39.0 Å². The van der Waals surface area contributed by atoms with Gasteiger partial charge < -0.3 is 10.1 Å². The van der Waals surface area contributed by atoms with Gasteiger partial charge in [-0.3, -0.25) is 14.4 Å². The van der Waals surface area contributed by atoms with Crippen molar-refractivity contribution >= 4 is 35.1 Å². The van der Waals surface area contributed by atoms with Crippen molar-refractivity contribution in [3.8, 4) is 0 Å². The first-order chi connectivity index (χ1) is 16.3. The van der Waals surface area contributed by atoms with Crippen LogP contribution in [0.5, 0.6) is 0 Å². The molecule has 174 valence electrons. The number of esters is 1. The summed E-state index contributed by atoms with van der Waals surface area (Å²) in [5, 5.41) is 2.77. The number of nitrogens with zero attached hydrogens (tertiary/aromatic N) is 1. The number of nitrogens with one attached hydrogen (secondary N) is 1. The molecule has 34 heavy (non-hydrogen) atoms. The van der Waals surface area contributed by atoms with Crippen LogP contribution in [0.4, 0.5) is 11.4 Å². The van der Waals surface area contributed by atoms with Gasteiger partial charge in [0.25, 0.3) is 5.91 Å². The zero-order valence-electron chi connectivity index (χ0n) is 19.3. The molecule has 2 bridgehead atoms. The fraction of sp³-hybridized carbons (Fsp3) is 0.333. The van der Waals surface area contributed by atoms with Gasteiger partial charge in [-0.25, -0.2) is 9.69 Å². The second-order valence-corrected chi connectivity index (χ2v) is 9.42. The average molecular weight is 459 g/mol. The highest BCUT2D eigenvalue weighted by Gasteiger charge is 2.60. The first-order valence-electron chi connectivity index (χ1n) is 11.5. The maximum atomic E-state index is 13.2. The lowest BCUT2D eigenvalue weighted by atomic mass is 9.82. The number of ether oxygens (including phenoxy) is 1. The number of allylic oxidation sites excluding steroid dienone is 2. The van der Waals surface area contributed by atoms with E-state index in [9.17, 15) is 19.2 Å². The molecule has 3 aliphatic rings. The van der Waals surface area contributed by atoms with Crippen LogP contribution in [0.3, 0.4) is 0 Å². The number of carbonyl (C=O) groups is 4. The average Bonchev–Trinajstić information content (AvgIpc) is 3.45. The fourth-order valence-electron chi connectivity index (χ4n) is 5.70. The molecule has 5 rings (SSSR count). The van der Waals surface area contributed by atoms with E-state index in [1.54, 1.807) is 12.1 Å². The number of hydrogen-bond donors (Lipinski definition) is 1. The van der Waals surface area contributed by atoms with Crippen LogP contribution in [0, 0.1) is 37.5 Å². The molecule has 1 saturated carbocycles. The van der Waals surface area contributed by atoms with Gasteiger partial charge in [-0.2, -0.15) is 0 Å². The molecule has 0 spiro atoms. The van der Waals surface area contributed by atoms with Gasteiger partial charge in [0.1, 0.15) is 0 Å². The summed E-state index contributed by atoms with van der Waals surface area (Å²) >= 11 is 0. The first kappa shape index (κ1) is 22.1. The predicted octanol–water partition coefficient (Wildman–Crippen LogP) is 3.80. The molecular formula is C27H26N2O5. The van der Waals surface area contributed by atoms with Crippen molar-refractivity contribution in [1.82, 2.24) is 0 Å². The molecule has 1 aliphatic heterocycles. The summed E-state index contributed by atoms with van der Waals surface area (Å²) < 4.78 is 5.20. The van der Waals surface area contributed by atoms with E-state index < -0.39 is 18.5 Å². The summed E-state index contributed by atoms with van der Waals surface area (Å²) in [5.41, 5.74) is 4.24. The molecule has 2 aliphatic carbocycles. The highest BCUT2D eigenvalue weighted by Crippen LogP contribution is 2.55. The summed E-state index contributed by atoms with van der Waals surface area (Å²) in [6.07, 6.45) is 2.99. The highest BCUT2D eigenvalue weighted by atomic mass is 16.5. The third-order valence-corrected chi connectivity index (χ3v) is 7.30. The normalized spacial score (nSPS) is 24.8. The fourth-order valence-corrected chi connectivity index (χ4v) is 5.70. The van der Waals surface area contributed by atoms with Crippen LogP contribution in [0.25, 0.3) is 0 Å². The Morgan fingerprint density at radius 3 is 2.41 bits per heavy atom. The topological polar surface area (TPSA) is 92.8 Å². The molecule has 7 heteroatoms. The van der Waals surface area contributed by atoms with E-state index in [1.165, 1.54) is 22.6 Å².